The molecule has 24 heavy (non-hydrogen) atoms. The highest BCUT2D eigenvalue weighted by Crippen LogP contribution is 2.42. The summed E-state index contributed by atoms with van der Waals surface area (Å²) in [6.07, 6.45) is 2.57. The summed E-state index contributed by atoms with van der Waals surface area (Å²) in [6, 6.07) is 14.9. The number of hydrogen-bond acceptors (Lipinski definition) is 2. The van der Waals surface area contributed by atoms with Crippen LogP contribution in [0.5, 0.6) is 0 Å². The SMILES string of the molecule is CC1(C)C=C(c2ccccc2)c2ccc(F)cc2N2CCC(=O)N21. The normalized spacial score (nSPS) is 18.8. The molecule has 0 radical (unpaired) electrons. The zero-order valence-electron chi connectivity index (χ0n) is 13.8. The van der Waals surface area contributed by atoms with E-state index in [1.54, 1.807) is 5.01 Å². The van der Waals surface area contributed by atoms with E-state index >= 15 is 0 Å². The number of anilines is 1. The van der Waals surface area contributed by atoms with Crippen LogP contribution >= 0.6 is 0 Å². The topological polar surface area (TPSA) is 23.6 Å². The van der Waals surface area contributed by atoms with Gasteiger partial charge in [-0.2, -0.15) is 0 Å². The molecular formula is C20H19FN2O. The van der Waals surface area contributed by atoms with E-state index in [1.165, 1.54) is 12.1 Å². The third-order valence-corrected chi connectivity index (χ3v) is 4.67. The molecule has 0 bridgehead atoms. The summed E-state index contributed by atoms with van der Waals surface area (Å²) in [6.45, 7) is 4.62. The number of benzene rings is 2. The van der Waals surface area contributed by atoms with Gasteiger partial charge in [0.05, 0.1) is 11.2 Å². The molecule has 4 heteroatoms. The summed E-state index contributed by atoms with van der Waals surface area (Å²) in [5.74, 6) is -0.221. The molecule has 2 heterocycles. The summed E-state index contributed by atoms with van der Waals surface area (Å²) < 4.78 is 14.0. The predicted octanol–water partition coefficient (Wildman–Crippen LogP) is 4.00. The molecule has 2 aliphatic heterocycles. The number of fused-ring (bicyclic) bond motifs is 3. The second-order valence-corrected chi connectivity index (χ2v) is 6.82. The van der Waals surface area contributed by atoms with Gasteiger partial charge in [-0.25, -0.2) is 9.40 Å². The first-order valence-electron chi connectivity index (χ1n) is 8.16. The maximum Gasteiger partial charge on any atom is 0.243 e. The summed E-state index contributed by atoms with van der Waals surface area (Å²) in [5, 5.41) is 3.69. The van der Waals surface area contributed by atoms with Crippen LogP contribution in [0, 0.1) is 5.82 Å². The first-order valence-corrected chi connectivity index (χ1v) is 8.16. The lowest BCUT2D eigenvalue weighted by atomic mass is 9.91. The molecule has 0 saturated carbocycles. The Morgan fingerprint density at radius 2 is 1.83 bits per heavy atom. The molecule has 122 valence electrons. The molecule has 2 aromatic rings. The minimum Gasteiger partial charge on any atom is -0.281 e. The van der Waals surface area contributed by atoms with Crippen molar-refractivity contribution in [2.45, 2.75) is 25.8 Å². The van der Waals surface area contributed by atoms with E-state index in [0.29, 0.717) is 13.0 Å². The molecule has 3 nitrogen and oxygen atoms in total. The third kappa shape index (κ3) is 2.21. The number of hydrazine groups is 1. The highest BCUT2D eigenvalue weighted by Gasteiger charge is 2.42. The molecule has 2 aliphatic rings. The monoisotopic (exact) mass is 322 g/mol. The maximum atomic E-state index is 14.0. The van der Waals surface area contributed by atoms with Crippen LogP contribution in [-0.2, 0) is 4.79 Å². The summed E-state index contributed by atoms with van der Waals surface area (Å²) in [7, 11) is 0. The van der Waals surface area contributed by atoms with E-state index in [4.69, 9.17) is 0 Å². The number of halogens is 1. The van der Waals surface area contributed by atoms with E-state index in [9.17, 15) is 9.18 Å². The molecule has 0 atom stereocenters. The third-order valence-electron chi connectivity index (χ3n) is 4.67. The Labute approximate surface area is 141 Å². The molecule has 1 fully saturated rings. The van der Waals surface area contributed by atoms with Gasteiger partial charge in [0.2, 0.25) is 5.91 Å². The Morgan fingerprint density at radius 1 is 1.08 bits per heavy atom. The van der Waals surface area contributed by atoms with Crippen LogP contribution in [-0.4, -0.2) is 23.0 Å². The Balaban J connectivity index is 2.00. The van der Waals surface area contributed by atoms with Gasteiger partial charge in [-0.15, -0.1) is 0 Å². The van der Waals surface area contributed by atoms with Crippen molar-refractivity contribution in [1.82, 2.24) is 5.01 Å². The van der Waals surface area contributed by atoms with Crippen LogP contribution in [0.25, 0.3) is 5.57 Å². The Hall–Kier alpha value is -2.62. The van der Waals surface area contributed by atoms with Crippen molar-refractivity contribution in [1.29, 1.82) is 0 Å². The van der Waals surface area contributed by atoms with Crippen molar-refractivity contribution in [3.05, 3.63) is 71.6 Å². The summed E-state index contributed by atoms with van der Waals surface area (Å²) in [5.41, 5.74) is 3.30. The molecule has 0 unspecified atom stereocenters. The molecule has 0 spiro atoms. The van der Waals surface area contributed by atoms with Crippen molar-refractivity contribution >= 4 is 17.2 Å². The number of rotatable bonds is 1. The number of carbonyl (C=O) groups is 1. The molecular weight excluding hydrogens is 303 g/mol. The van der Waals surface area contributed by atoms with Crippen LogP contribution in [0.4, 0.5) is 10.1 Å². The first-order chi connectivity index (χ1) is 11.5. The van der Waals surface area contributed by atoms with Crippen molar-refractivity contribution < 1.29 is 9.18 Å². The van der Waals surface area contributed by atoms with Gasteiger partial charge in [0, 0.05) is 18.5 Å². The van der Waals surface area contributed by atoms with Gasteiger partial charge in [0.1, 0.15) is 5.82 Å². The average molecular weight is 322 g/mol. The first kappa shape index (κ1) is 14.9. The fourth-order valence-electron chi connectivity index (χ4n) is 3.70. The van der Waals surface area contributed by atoms with E-state index in [1.807, 2.05) is 55.3 Å². The van der Waals surface area contributed by atoms with Crippen LogP contribution in [0.1, 0.15) is 31.4 Å². The number of carbonyl (C=O) groups excluding carboxylic acids is 1. The van der Waals surface area contributed by atoms with Crippen LogP contribution in [0.3, 0.4) is 0 Å². The van der Waals surface area contributed by atoms with E-state index < -0.39 is 5.54 Å². The van der Waals surface area contributed by atoms with Gasteiger partial charge in [0.25, 0.3) is 0 Å². The fourth-order valence-corrected chi connectivity index (χ4v) is 3.70. The van der Waals surface area contributed by atoms with Gasteiger partial charge < -0.3 is 0 Å². The lowest BCUT2D eigenvalue weighted by molar-refractivity contribution is -0.131. The fraction of sp³-hybridized carbons (Fsp3) is 0.250. The van der Waals surface area contributed by atoms with Crippen molar-refractivity contribution in [2.24, 2.45) is 0 Å². The molecule has 1 saturated heterocycles. The van der Waals surface area contributed by atoms with Crippen molar-refractivity contribution in [3.63, 3.8) is 0 Å². The quantitative estimate of drug-likeness (QED) is 0.792. The highest BCUT2D eigenvalue weighted by molar-refractivity contribution is 5.92. The predicted molar refractivity (Wildman–Crippen MR) is 92.8 cm³/mol. The lowest BCUT2D eigenvalue weighted by Crippen LogP contribution is -2.51. The van der Waals surface area contributed by atoms with Crippen LogP contribution in [0.2, 0.25) is 0 Å². The second kappa shape index (κ2) is 5.20. The average Bonchev–Trinajstić information content (AvgIpc) is 2.92. The van der Waals surface area contributed by atoms with Crippen molar-refractivity contribution in [3.8, 4) is 0 Å². The lowest BCUT2D eigenvalue weighted by Gasteiger charge is -2.39. The second-order valence-electron chi connectivity index (χ2n) is 6.82. The van der Waals surface area contributed by atoms with Crippen LogP contribution < -0.4 is 5.01 Å². The van der Waals surface area contributed by atoms with Gasteiger partial charge in [-0.1, -0.05) is 30.3 Å². The molecule has 0 aromatic heterocycles. The summed E-state index contributed by atoms with van der Waals surface area (Å²) >= 11 is 0. The number of amides is 1. The van der Waals surface area contributed by atoms with E-state index in [2.05, 4.69) is 6.08 Å². The molecule has 0 N–H and O–H groups in total. The summed E-state index contributed by atoms with van der Waals surface area (Å²) in [4.78, 5) is 12.5. The standard InChI is InChI=1S/C20H19FN2O/c1-20(2)13-17(14-6-4-3-5-7-14)16-9-8-15(21)12-18(16)22-11-10-19(24)23(20)22/h3-9,12-13H,10-11H2,1-2H3. The highest BCUT2D eigenvalue weighted by atomic mass is 19.1. The molecule has 4 rings (SSSR count). The molecule has 1 amide bonds. The Morgan fingerprint density at radius 3 is 2.58 bits per heavy atom. The van der Waals surface area contributed by atoms with Crippen LogP contribution in [0.15, 0.2) is 54.6 Å². The zero-order chi connectivity index (χ0) is 16.9. The largest absolute Gasteiger partial charge is 0.281 e. The number of nitrogens with zero attached hydrogens (tertiary/aromatic N) is 2. The maximum absolute atomic E-state index is 14.0. The zero-order valence-corrected chi connectivity index (χ0v) is 13.8. The molecule has 0 aliphatic carbocycles. The van der Waals surface area contributed by atoms with Crippen molar-refractivity contribution in [2.75, 3.05) is 11.6 Å². The van der Waals surface area contributed by atoms with E-state index in [0.717, 1.165) is 22.4 Å². The minimum atomic E-state index is -0.492. The Kier molecular flexibility index (Phi) is 3.23. The minimum absolute atomic E-state index is 0.0702. The van der Waals surface area contributed by atoms with Gasteiger partial charge in [0.15, 0.2) is 0 Å². The van der Waals surface area contributed by atoms with Gasteiger partial charge >= 0.3 is 0 Å². The number of hydrogen-bond donors (Lipinski definition) is 0. The smallest absolute Gasteiger partial charge is 0.243 e. The van der Waals surface area contributed by atoms with E-state index in [-0.39, 0.29) is 11.7 Å². The van der Waals surface area contributed by atoms with Gasteiger partial charge in [-0.3, -0.25) is 9.80 Å². The van der Waals surface area contributed by atoms with Gasteiger partial charge in [-0.05, 0) is 49.3 Å². The molecule has 2 aromatic carbocycles. The Bertz CT molecular complexity index is 842.